The molecule has 0 amide bonds. The van der Waals surface area contributed by atoms with E-state index < -0.39 is 10.0 Å². The summed E-state index contributed by atoms with van der Waals surface area (Å²) < 4.78 is 27.9. The lowest BCUT2D eigenvalue weighted by molar-refractivity contribution is 0.600. The summed E-state index contributed by atoms with van der Waals surface area (Å²) >= 11 is 3.47. The Hall–Kier alpha value is -1.33. The van der Waals surface area contributed by atoms with Gasteiger partial charge in [-0.05, 0) is 42.7 Å². The molecule has 3 nitrogen and oxygen atoms in total. The van der Waals surface area contributed by atoms with Gasteiger partial charge in [0, 0.05) is 10.2 Å². The van der Waals surface area contributed by atoms with E-state index in [-0.39, 0.29) is 5.75 Å². The second-order valence-electron chi connectivity index (χ2n) is 4.77. The van der Waals surface area contributed by atoms with E-state index in [9.17, 15) is 8.42 Å². The van der Waals surface area contributed by atoms with Gasteiger partial charge in [-0.2, -0.15) is 0 Å². The van der Waals surface area contributed by atoms with Gasteiger partial charge in [0.25, 0.3) is 0 Å². The van der Waals surface area contributed by atoms with E-state index in [4.69, 9.17) is 0 Å². The van der Waals surface area contributed by atoms with E-state index in [2.05, 4.69) is 20.7 Å². The number of nitrogens with one attached hydrogen (secondary N) is 1. The van der Waals surface area contributed by atoms with E-state index >= 15 is 0 Å². The fourth-order valence-electron chi connectivity index (χ4n) is 2.01. The predicted octanol–water partition coefficient (Wildman–Crippen LogP) is 4.01. The first-order valence-electron chi connectivity index (χ1n) is 6.18. The van der Waals surface area contributed by atoms with Gasteiger partial charge in [-0.15, -0.1) is 0 Å². The number of hydrogen-bond donors (Lipinski definition) is 1. The molecular formula is C15H16BrNO2S. The van der Waals surface area contributed by atoms with Gasteiger partial charge < -0.3 is 0 Å². The highest BCUT2D eigenvalue weighted by Crippen LogP contribution is 2.25. The van der Waals surface area contributed by atoms with E-state index in [0.29, 0.717) is 5.69 Å². The maximum atomic E-state index is 12.2. The molecule has 2 rings (SSSR count). The number of aryl methyl sites for hydroxylation is 2. The lowest BCUT2D eigenvalue weighted by atomic mass is 10.1. The van der Waals surface area contributed by atoms with Crippen LogP contribution in [0.3, 0.4) is 0 Å². The molecule has 0 radical (unpaired) electrons. The molecule has 1 N–H and O–H groups in total. The van der Waals surface area contributed by atoms with Crippen molar-refractivity contribution >= 4 is 31.6 Å². The molecule has 0 fully saturated rings. The van der Waals surface area contributed by atoms with Gasteiger partial charge >= 0.3 is 0 Å². The summed E-state index contributed by atoms with van der Waals surface area (Å²) in [5.74, 6) is -0.0258. The lowest BCUT2D eigenvalue weighted by Gasteiger charge is -2.11. The molecule has 2 aromatic rings. The van der Waals surface area contributed by atoms with Crippen molar-refractivity contribution in [3.63, 3.8) is 0 Å². The van der Waals surface area contributed by atoms with Crippen molar-refractivity contribution in [2.45, 2.75) is 19.6 Å². The third kappa shape index (κ3) is 3.84. The summed E-state index contributed by atoms with van der Waals surface area (Å²) in [5, 5.41) is 0. The minimum absolute atomic E-state index is 0.0258. The Bertz CT molecular complexity index is 689. The maximum absolute atomic E-state index is 12.2. The van der Waals surface area contributed by atoms with Gasteiger partial charge in [-0.3, -0.25) is 4.72 Å². The van der Waals surface area contributed by atoms with Crippen LogP contribution in [0.5, 0.6) is 0 Å². The van der Waals surface area contributed by atoms with Crippen LogP contribution >= 0.6 is 15.9 Å². The molecule has 0 spiro atoms. The van der Waals surface area contributed by atoms with Gasteiger partial charge in [-0.1, -0.05) is 46.3 Å². The number of anilines is 1. The fraction of sp³-hybridized carbons (Fsp3) is 0.200. The average Bonchev–Trinajstić information content (AvgIpc) is 2.36. The van der Waals surface area contributed by atoms with Crippen molar-refractivity contribution in [1.29, 1.82) is 0 Å². The van der Waals surface area contributed by atoms with Gasteiger partial charge in [0.2, 0.25) is 10.0 Å². The predicted molar refractivity (Wildman–Crippen MR) is 86.3 cm³/mol. The lowest BCUT2D eigenvalue weighted by Crippen LogP contribution is -2.15. The molecule has 0 bridgehead atoms. The Morgan fingerprint density at radius 1 is 1.05 bits per heavy atom. The fourth-order valence-corrected chi connectivity index (χ4v) is 3.42. The molecule has 0 saturated carbocycles. The summed E-state index contributed by atoms with van der Waals surface area (Å²) in [5.41, 5.74) is 3.37. The Labute approximate surface area is 128 Å². The van der Waals surface area contributed by atoms with Crippen LogP contribution in [0, 0.1) is 13.8 Å². The summed E-state index contributed by atoms with van der Waals surface area (Å²) in [6, 6.07) is 12.8. The minimum Gasteiger partial charge on any atom is -0.283 e. The molecule has 0 heterocycles. The zero-order valence-electron chi connectivity index (χ0n) is 11.4. The number of sulfonamides is 1. The number of halogens is 1. The van der Waals surface area contributed by atoms with Crippen LogP contribution in [0.1, 0.15) is 16.7 Å². The molecule has 0 aliphatic heterocycles. The highest BCUT2D eigenvalue weighted by Gasteiger charge is 2.12. The topological polar surface area (TPSA) is 46.2 Å². The van der Waals surface area contributed by atoms with Crippen molar-refractivity contribution < 1.29 is 8.42 Å². The monoisotopic (exact) mass is 353 g/mol. The second kappa shape index (κ2) is 5.97. The first-order chi connectivity index (χ1) is 9.37. The number of benzene rings is 2. The Morgan fingerprint density at radius 3 is 2.15 bits per heavy atom. The maximum Gasteiger partial charge on any atom is 0.236 e. The first-order valence-corrected chi connectivity index (χ1v) is 8.63. The van der Waals surface area contributed by atoms with E-state index in [1.165, 1.54) is 0 Å². The first kappa shape index (κ1) is 15.1. The van der Waals surface area contributed by atoms with Crippen LogP contribution in [0.15, 0.2) is 46.9 Å². The van der Waals surface area contributed by atoms with Crippen LogP contribution in [0.4, 0.5) is 5.69 Å². The van der Waals surface area contributed by atoms with Crippen molar-refractivity contribution in [3.05, 3.63) is 63.6 Å². The molecule has 5 heteroatoms. The average molecular weight is 354 g/mol. The smallest absolute Gasteiger partial charge is 0.236 e. The van der Waals surface area contributed by atoms with Gasteiger partial charge in [0.1, 0.15) is 0 Å². The van der Waals surface area contributed by atoms with Gasteiger partial charge in [0.05, 0.1) is 5.75 Å². The van der Waals surface area contributed by atoms with E-state index in [1.54, 1.807) is 12.1 Å². The number of rotatable bonds is 4. The van der Waals surface area contributed by atoms with Gasteiger partial charge in [0.15, 0.2) is 0 Å². The van der Waals surface area contributed by atoms with Crippen LogP contribution in [0.2, 0.25) is 0 Å². The molecule has 0 unspecified atom stereocenters. The molecule has 0 atom stereocenters. The van der Waals surface area contributed by atoms with E-state index in [1.807, 2.05) is 44.2 Å². The molecular weight excluding hydrogens is 338 g/mol. The standard InChI is InChI=1S/C15H16BrNO2S/c1-11-8-14(9-12(2)15(11)16)17-20(18,19)10-13-6-4-3-5-7-13/h3-9,17H,10H2,1-2H3. The highest BCUT2D eigenvalue weighted by atomic mass is 79.9. The zero-order chi connectivity index (χ0) is 14.8. The van der Waals surface area contributed by atoms with Crippen LogP contribution < -0.4 is 4.72 Å². The van der Waals surface area contributed by atoms with Crippen molar-refractivity contribution in [2.24, 2.45) is 0 Å². The summed E-state index contributed by atoms with van der Waals surface area (Å²) in [4.78, 5) is 0. The second-order valence-corrected chi connectivity index (χ2v) is 7.29. The normalized spacial score (nSPS) is 11.3. The molecule has 20 heavy (non-hydrogen) atoms. The molecule has 2 aromatic carbocycles. The van der Waals surface area contributed by atoms with E-state index in [0.717, 1.165) is 21.2 Å². The minimum atomic E-state index is -3.40. The summed E-state index contributed by atoms with van der Waals surface area (Å²) in [6.07, 6.45) is 0. The van der Waals surface area contributed by atoms with Crippen molar-refractivity contribution in [3.8, 4) is 0 Å². The Balaban J connectivity index is 2.21. The SMILES string of the molecule is Cc1cc(NS(=O)(=O)Cc2ccccc2)cc(C)c1Br. The zero-order valence-corrected chi connectivity index (χ0v) is 13.8. The Kier molecular flexibility index (Phi) is 4.50. The van der Waals surface area contributed by atoms with Crippen LogP contribution in [-0.2, 0) is 15.8 Å². The Morgan fingerprint density at radius 2 is 1.60 bits per heavy atom. The van der Waals surface area contributed by atoms with Crippen LogP contribution in [-0.4, -0.2) is 8.42 Å². The van der Waals surface area contributed by atoms with Crippen LogP contribution in [0.25, 0.3) is 0 Å². The van der Waals surface area contributed by atoms with Crippen molar-refractivity contribution in [2.75, 3.05) is 4.72 Å². The number of hydrogen-bond acceptors (Lipinski definition) is 2. The molecule has 0 saturated heterocycles. The third-order valence-electron chi connectivity index (χ3n) is 2.91. The van der Waals surface area contributed by atoms with Gasteiger partial charge in [-0.25, -0.2) is 8.42 Å². The molecule has 106 valence electrons. The molecule has 0 aliphatic carbocycles. The summed E-state index contributed by atoms with van der Waals surface area (Å²) in [7, 11) is -3.40. The highest BCUT2D eigenvalue weighted by molar-refractivity contribution is 9.10. The molecule has 0 aliphatic rings. The third-order valence-corrected chi connectivity index (χ3v) is 5.42. The molecule has 0 aromatic heterocycles. The van der Waals surface area contributed by atoms with Crippen molar-refractivity contribution in [1.82, 2.24) is 0 Å². The summed E-state index contributed by atoms with van der Waals surface area (Å²) in [6.45, 7) is 3.87. The quantitative estimate of drug-likeness (QED) is 0.902. The largest absolute Gasteiger partial charge is 0.283 e.